The van der Waals surface area contributed by atoms with Gasteiger partial charge in [-0.2, -0.15) is 0 Å². The Labute approximate surface area is 127 Å². The summed E-state index contributed by atoms with van der Waals surface area (Å²) in [6.45, 7) is 10.7. The molecule has 0 aromatic rings. The van der Waals surface area contributed by atoms with E-state index in [0.717, 1.165) is 12.8 Å². The summed E-state index contributed by atoms with van der Waals surface area (Å²) in [4.78, 5) is 27.3. The van der Waals surface area contributed by atoms with Gasteiger partial charge in [0.2, 0.25) is 11.8 Å². The highest BCUT2D eigenvalue weighted by Crippen LogP contribution is 2.36. The van der Waals surface area contributed by atoms with Gasteiger partial charge in [-0.3, -0.25) is 9.59 Å². The van der Waals surface area contributed by atoms with Gasteiger partial charge in [0.15, 0.2) is 0 Å². The Bertz CT molecular complexity index is 426. The zero-order valence-electron chi connectivity index (χ0n) is 13.8. The van der Waals surface area contributed by atoms with Gasteiger partial charge in [0.25, 0.3) is 0 Å². The van der Waals surface area contributed by atoms with Crippen LogP contribution in [0.4, 0.5) is 0 Å². The molecule has 2 rings (SSSR count). The van der Waals surface area contributed by atoms with E-state index >= 15 is 0 Å². The summed E-state index contributed by atoms with van der Waals surface area (Å²) < 4.78 is 5.69. The summed E-state index contributed by atoms with van der Waals surface area (Å²) in [5.41, 5.74) is -0.388. The van der Waals surface area contributed by atoms with E-state index in [-0.39, 0.29) is 35.4 Å². The molecule has 0 aromatic carbocycles. The average Bonchev–Trinajstić information content (AvgIpc) is 2.80. The molecular formula is C16H28N2O3. The number of rotatable bonds is 4. The van der Waals surface area contributed by atoms with Gasteiger partial charge in [-0.1, -0.05) is 27.2 Å². The van der Waals surface area contributed by atoms with Crippen molar-refractivity contribution in [3.05, 3.63) is 0 Å². The van der Waals surface area contributed by atoms with E-state index < -0.39 is 6.04 Å². The number of nitrogens with one attached hydrogen (secondary N) is 1. The lowest BCUT2D eigenvalue weighted by molar-refractivity contribution is -0.160. The molecule has 0 aromatic heterocycles. The van der Waals surface area contributed by atoms with Crippen LogP contribution in [0.1, 0.15) is 53.9 Å². The first kappa shape index (κ1) is 16.3. The predicted octanol–water partition coefficient (Wildman–Crippen LogP) is 1.71. The first-order valence-corrected chi connectivity index (χ1v) is 8.12. The summed E-state index contributed by atoms with van der Waals surface area (Å²) in [5, 5.41) is 2.93. The Morgan fingerprint density at radius 2 is 2.10 bits per heavy atom. The standard InChI is InChI=1S/C16H28N2O3/c1-6-10(3)13-15(20)18(12(7-2)14(19)17-13)16(5)8-9-21-11(16)4/h10-13H,6-9H2,1-5H3,(H,17,19). The first-order chi connectivity index (χ1) is 9.86. The molecule has 5 unspecified atom stereocenters. The van der Waals surface area contributed by atoms with E-state index in [0.29, 0.717) is 13.0 Å². The van der Waals surface area contributed by atoms with Gasteiger partial charge in [0.1, 0.15) is 12.1 Å². The fraction of sp³-hybridized carbons (Fsp3) is 0.875. The number of carbonyl (C=O) groups is 2. The van der Waals surface area contributed by atoms with Crippen LogP contribution >= 0.6 is 0 Å². The molecule has 2 saturated heterocycles. The quantitative estimate of drug-likeness (QED) is 0.859. The lowest BCUT2D eigenvalue weighted by Gasteiger charge is -2.49. The SMILES string of the molecule is CCC(C)C1NC(=O)C(CC)N(C2(C)CCOC2C)C1=O. The maximum Gasteiger partial charge on any atom is 0.246 e. The van der Waals surface area contributed by atoms with Gasteiger partial charge >= 0.3 is 0 Å². The Hall–Kier alpha value is -1.10. The molecule has 120 valence electrons. The van der Waals surface area contributed by atoms with Crippen LogP contribution in [-0.2, 0) is 14.3 Å². The number of ether oxygens (including phenoxy) is 1. The highest BCUT2D eigenvalue weighted by Gasteiger charge is 2.53. The van der Waals surface area contributed by atoms with Crippen LogP contribution in [0, 0.1) is 5.92 Å². The molecule has 5 nitrogen and oxygen atoms in total. The van der Waals surface area contributed by atoms with Gasteiger partial charge < -0.3 is 15.0 Å². The molecule has 2 aliphatic heterocycles. The number of nitrogens with zero attached hydrogens (tertiary/aromatic N) is 1. The summed E-state index contributed by atoms with van der Waals surface area (Å²) in [6, 6.07) is -0.790. The lowest BCUT2D eigenvalue weighted by Crippen LogP contribution is -2.71. The summed E-state index contributed by atoms with van der Waals surface area (Å²) in [6.07, 6.45) is 2.24. The minimum absolute atomic E-state index is 0.0253. The van der Waals surface area contributed by atoms with E-state index in [9.17, 15) is 9.59 Å². The highest BCUT2D eigenvalue weighted by molar-refractivity contribution is 5.97. The Balaban J connectivity index is 2.37. The minimum atomic E-state index is -0.407. The van der Waals surface area contributed by atoms with Crippen LogP contribution in [0.2, 0.25) is 0 Å². The predicted molar refractivity (Wildman–Crippen MR) is 80.7 cm³/mol. The van der Waals surface area contributed by atoms with Crippen LogP contribution in [0.3, 0.4) is 0 Å². The molecule has 0 spiro atoms. The van der Waals surface area contributed by atoms with Gasteiger partial charge in [-0.15, -0.1) is 0 Å². The molecule has 5 atom stereocenters. The van der Waals surface area contributed by atoms with Crippen molar-refractivity contribution >= 4 is 11.8 Å². The maximum atomic E-state index is 13.0. The Morgan fingerprint density at radius 1 is 1.43 bits per heavy atom. The molecule has 0 saturated carbocycles. The van der Waals surface area contributed by atoms with Crippen molar-refractivity contribution < 1.29 is 14.3 Å². The molecule has 21 heavy (non-hydrogen) atoms. The third-order valence-corrected chi connectivity index (χ3v) is 5.42. The molecular weight excluding hydrogens is 268 g/mol. The molecule has 2 aliphatic rings. The molecule has 0 aliphatic carbocycles. The molecule has 5 heteroatoms. The smallest absolute Gasteiger partial charge is 0.246 e. The van der Waals surface area contributed by atoms with Gasteiger partial charge in [0.05, 0.1) is 11.6 Å². The van der Waals surface area contributed by atoms with E-state index in [1.165, 1.54) is 0 Å². The van der Waals surface area contributed by atoms with Crippen molar-refractivity contribution in [2.24, 2.45) is 5.92 Å². The Morgan fingerprint density at radius 3 is 2.57 bits per heavy atom. The summed E-state index contributed by atoms with van der Waals surface area (Å²) >= 11 is 0. The monoisotopic (exact) mass is 296 g/mol. The van der Waals surface area contributed by atoms with Gasteiger partial charge in [0, 0.05) is 6.61 Å². The highest BCUT2D eigenvalue weighted by atomic mass is 16.5. The number of carbonyl (C=O) groups excluding carboxylic acids is 2. The number of hydrogen-bond donors (Lipinski definition) is 1. The normalized spacial score (nSPS) is 38.5. The summed E-state index contributed by atoms with van der Waals surface area (Å²) in [5.74, 6) is 0.168. The topological polar surface area (TPSA) is 58.6 Å². The third-order valence-electron chi connectivity index (χ3n) is 5.42. The third kappa shape index (κ3) is 2.56. The van der Waals surface area contributed by atoms with Crippen LogP contribution in [0.15, 0.2) is 0 Å². The minimum Gasteiger partial charge on any atom is -0.376 e. The second kappa shape index (κ2) is 5.95. The van der Waals surface area contributed by atoms with Crippen molar-refractivity contribution in [3.63, 3.8) is 0 Å². The largest absolute Gasteiger partial charge is 0.376 e. The van der Waals surface area contributed by atoms with Crippen LogP contribution in [0.25, 0.3) is 0 Å². The Kier molecular flexibility index (Phi) is 4.61. The van der Waals surface area contributed by atoms with Gasteiger partial charge in [-0.05, 0) is 32.6 Å². The molecule has 2 heterocycles. The van der Waals surface area contributed by atoms with Crippen molar-refractivity contribution in [1.82, 2.24) is 10.2 Å². The fourth-order valence-corrected chi connectivity index (χ4v) is 3.47. The van der Waals surface area contributed by atoms with Crippen molar-refractivity contribution in [2.75, 3.05) is 6.61 Å². The van der Waals surface area contributed by atoms with Crippen LogP contribution in [-0.4, -0.2) is 47.0 Å². The second-order valence-corrected chi connectivity index (χ2v) is 6.62. The number of hydrogen-bond acceptors (Lipinski definition) is 3. The zero-order valence-corrected chi connectivity index (χ0v) is 13.8. The molecule has 2 fully saturated rings. The lowest BCUT2D eigenvalue weighted by atomic mass is 9.85. The summed E-state index contributed by atoms with van der Waals surface area (Å²) in [7, 11) is 0. The van der Waals surface area contributed by atoms with Crippen molar-refractivity contribution in [3.8, 4) is 0 Å². The average molecular weight is 296 g/mol. The van der Waals surface area contributed by atoms with E-state index in [4.69, 9.17) is 4.74 Å². The maximum absolute atomic E-state index is 13.0. The number of piperazine rings is 1. The van der Waals surface area contributed by atoms with Crippen LogP contribution < -0.4 is 5.32 Å². The van der Waals surface area contributed by atoms with E-state index in [1.807, 2.05) is 32.6 Å². The fourth-order valence-electron chi connectivity index (χ4n) is 3.47. The first-order valence-electron chi connectivity index (χ1n) is 8.12. The zero-order chi connectivity index (χ0) is 15.8. The van der Waals surface area contributed by atoms with Crippen LogP contribution in [0.5, 0.6) is 0 Å². The van der Waals surface area contributed by atoms with Crippen molar-refractivity contribution in [1.29, 1.82) is 0 Å². The molecule has 0 bridgehead atoms. The molecule has 0 radical (unpaired) electrons. The second-order valence-electron chi connectivity index (χ2n) is 6.62. The van der Waals surface area contributed by atoms with E-state index in [2.05, 4.69) is 12.2 Å². The molecule has 1 N–H and O–H groups in total. The van der Waals surface area contributed by atoms with E-state index in [1.54, 1.807) is 0 Å². The van der Waals surface area contributed by atoms with Gasteiger partial charge in [-0.25, -0.2) is 0 Å². The molecule has 2 amide bonds. The van der Waals surface area contributed by atoms with Crippen molar-refractivity contribution in [2.45, 2.75) is 77.6 Å². The number of amides is 2.